The molecular formula is C14H13BrN4O2. The van der Waals surface area contributed by atoms with Crippen molar-refractivity contribution in [2.45, 2.75) is 18.8 Å². The number of nitrogens with zero attached hydrogens (tertiary/aromatic N) is 3. The Labute approximate surface area is 128 Å². The van der Waals surface area contributed by atoms with Crippen LogP contribution >= 0.6 is 15.9 Å². The lowest BCUT2D eigenvalue weighted by atomic mass is 9.99. The van der Waals surface area contributed by atoms with Gasteiger partial charge in [0.2, 0.25) is 5.65 Å². The lowest BCUT2D eigenvalue weighted by Crippen LogP contribution is -2.18. The van der Waals surface area contributed by atoms with Crippen molar-refractivity contribution in [3.63, 3.8) is 0 Å². The zero-order chi connectivity index (χ0) is 14.4. The molecule has 1 saturated heterocycles. The smallest absolute Gasteiger partial charge is 0.294 e. The zero-order valence-electron chi connectivity index (χ0n) is 11.2. The Kier molecular flexibility index (Phi) is 3.04. The number of benzene rings is 1. The minimum Gasteiger partial charge on any atom is -0.381 e. The minimum atomic E-state index is -0.212. The third kappa shape index (κ3) is 2.08. The Hall–Kier alpha value is -1.73. The fourth-order valence-electron chi connectivity index (χ4n) is 2.87. The summed E-state index contributed by atoms with van der Waals surface area (Å²) in [5.74, 6) is 1.13. The summed E-state index contributed by atoms with van der Waals surface area (Å²) in [6.45, 7) is 1.45. The van der Waals surface area contributed by atoms with Crippen LogP contribution in [-0.2, 0) is 4.74 Å². The number of nitrogens with one attached hydrogen (secondary N) is 1. The third-order valence-electron chi connectivity index (χ3n) is 3.93. The molecule has 7 heteroatoms. The molecule has 1 aliphatic rings. The van der Waals surface area contributed by atoms with Gasteiger partial charge >= 0.3 is 0 Å². The number of aromatic amines is 1. The number of aromatic nitrogens is 4. The molecule has 1 N–H and O–H groups in total. The van der Waals surface area contributed by atoms with Crippen molar-refractivity contribution in [1.29, 1.82) is 0 Å². The monoisotopic (exact) mass is 348 g/mol. The Morgan fingerprint density at radius 1 is 1.29 bits per heavy atom. The predicted molar refractivity (Wildman–Crippen MR) is 81.6 cm³/mol. The predicted octanol–water partition coefficient (Wildman–Crippen LogP) is 2.23. The Morgan fingerprint density at radius 3 is 2.90 bits per heavy atom. The molecule has 0 aliphatic carbocycles. The van der Waals surface area contributed by atoms with Crippen LogP contribution in [0.2, 0.25) is 0 Å². The molecule has 0 amide bonds. The van der Waals surface area contributed by atoms with E-state index in [0.717, 1.165) is 47.4 Å². The number of fused-ring (bicyclic) bond motifs is 3. The van der Waals surface area contributed by atoms with E-state index in [4.69, 9.17) is 4.74 Å². The van der Waals surface area contributed by atoms with Crippen molar-refractivity contribution in [2.75, 3.05) is 13.2 Å². The number of rotatable bonds is 1. The molecule has 3 aromatic rings. The van der Waals surface area contributed by atoms with E-state index in [-0.39, 0.29) is 11.5 Å². The van der Waals surface area contributed by atoms with E-state index in [1.165, 1.54) is 0 Å². The van der Waals surface area contributed by atoms with Gasteiger partial charge in [-0.3, -0.25) is 9.20 Å². The van der Waals surface area contributed by atoms with Gasteiger partial charge in [0.25, 0.3) is 5.56 Å². The van der Waals surface area contributed by atoms with Crippen LogP contribution in [0.4, 0.5) is 0 Å². The van der Waals surface area contributed by atoms with Crippen LogP contribution in [0.1, 0.15) is 24.6 Å². The van der Waals surface area contributed by atoms with E-state index in [1.54, 1.807) is 0 Å². The van der Waals surface area contributed by atoms with Gasteiger partial charge < -0.3 is 9.72 Å². The van der Waals surface area contributed by atoms with Gasteiger partial charge in [0.15, 0.2) is 0 Å². The van der Waals surface area contributed by atoms with E-state index in [2.05, 4.69) is 31.1 Å². The van der Waals surface area contributed by atoms with Gasteiger partial charge in [-0.2, -0.15) is 0 Å². The van der Waals surface area contributed by atoms with Crippen molar-refractivity contribution >= 4 is 32.6 Å². The fraction of sp³-hybridized carbons (Fsp3) is 0.357. The standard InChI is InChI=1S/C14H13BrN4O2/c15-9-1-2-10-11(7-9)19-12(8-3-5-21-6-4-8)17-18-13(19)14(20)16-10/h1-2,7-8H,3-6H2,(H,16,20). The molecule has 6 nitrogen and oxygen atoms in total. The van der Waals surface area contributed by atoms with E-state index in [9.17, 15) is 4.79 Å². The maximum absolute atomic E-state index is 12.2. The first-order valence-corrected chi connectivity index (χ1v) is 7.67. The molecule has 0 bridgehead atoms. The Bertz CT molecular complexity index is 880. The van der Waals surface area contributed by atoms with Gasteiger partial charge in [-0.05, 0) is 31.0 Å². The molecule has 0 unspecified atom stereocenters. The van der Waals surface area contributed by atoms with Crippen LogP contribution in [-0.4, -0.2) is 32.8 Å². The Balaban J connectivity index is 2.05. The van der Waals surface area contributed by atoms with Crippen LogP contribution < -0.4 is 5.56 Å². The highest BCUT2D eigenvalue weighted by molar-refractivity contribution is 9.10. The van der Waals surface area contributed by atoms with Crippen molar-refractivity contribution in [1.82, 2.24) is 19.6 Å². The molecule has 3 heterocycles. The van der Waals surface area contributed by atoms with E-state index in [0.29, 0.717) is 5.65 Å². The first kappa shape index (κ1) is 13.0. The summed E-state index contributed by atoms with van der Waals surface area (Å²) in [5.41, 5.74) is 1.83. The van der Waals surface area contributed by atoms with Gasteiger partial charge in [-0.25, -0.2) is 0 Å². The lowest BCUT2D eigenvalue weighted by molar-refractivity contribution is 0.0834. The van der Waals surface area contributed by atoms with Crippen molar-refractivity contribution < 1.29 is 4.74 Å². The van der Waals surface area contributed by atoms with Gasteiger partial charge in [-0.1, -0.05) is 15.9 Å². The summed E-state index contributed by atoms with van der Waals surface area (Å²) in [6, 6.07) is 5.76. The topological polar surface area (TPSA) is 72.3 Å². The second kappa shape index (κ2) is 4.92. The molecule has 2 aromatic heterocycles. The van der Waals surface area contributed by atoms with Gasteiger partial charge in [0.05, 0.1) is 11.0 Å². The molecule has 1 aromatic carbocycles. The molecule has 0 atom stereocenters. The summed E-state index contributed by atoms with van der Waals surface area (Å²) < 4.78 is 8.24. The van der Waals surface area contributed by atoms with Gasteiger partial charge in [-0.15, -0.1) is 10.2 Å². The molecule has 0 radical (unpaired) electrons. The highest BCUT2D eigenvalue weighted by atomic mass is 79.9. The van der Waals surface area contributed by atoms with Crippen LogP contribution in [0.5, 0.6) is 0 Å². The molecule has 1 fully saturated rings. The van der Waals surface area contributed by atoms with E-state index < -0.39 is 0 Å². The van der Waals surface area contributed by atoms with Crippen LogP contribution in [0, 0.1) is 0 Å². The SMILES string of the molecule is O=c1[nH]c2ccc(Br)cc2n2c(C3CCOCC3)nnc12. The summed E-state index contributed by atoms with van der Waals surface area (Å²) in [4.78, 5) is 15.0. The number of halogens is 1. The zero-order valence-corrected chi connectivity index (χ0v) is 12.8. The maximum Gasteiger partial charge on any atom is 0.294 e. The number of hydrogen-bond acceptors (Lipinski definition) is 4. The molecule has 4 rings (SSSR count). The third-order valence-corrected chi connectivity index (χ3v) is 4.42. The highest BCUT2D eigenvalue weighted by Gasteiger charge is 2.23. The number of hydrogen-bond donors (Lipinski definition) is 1. The van der Waals surface area contributed by atoms with E-state index >= 15 is 0 Å². The largest absolute Gasteiger partial charge is 0.381 e. The molecule has 108 valence electrons. The summed E-state index contributed by atoms with van der Waals surface area (Å²) in [6.07, 6.45) is 1.81. The van der Waals surface area contributed by atoms with Crippen molar-refractivity contribution in [3.05, 3.63) is 38.9 Å². The maximum atomic E-state index is 12.2. The quantitative estimate of drug-likeness (QED) is 0.731. The molecule has 21 heavy (non-hydrogen) atoms. The van der Waals surface area contributed by atoms with Crippen LogP contribution in [0.3, 0.4) is 0 Å². The normalized spacial score (nSPS) is 16.8. The summed E-state index contributed by atoms with van der Waals surface area (Å²) in [7, 11) is 0. The second-order valence-corrected chi connectivity index (χ2v) is 6.14. The first-order chi connectivity index (χ1) is 10.2. The Morgan fingerprint density at radius 2 is 2.10 bits per heavy atom. The minimum absolute atomic E-state index is 0.212. The van der Waals surface area contributed by atoms with Crippen LogP contribution in [0.25, 0.3) is 16.7 Å². The molecule has 1 aliphatic heterocycles. The fourth-order valence-corrected chi connectivity index (χ4v) is 3.22. The average molecular weight is 349 g/mol. The number of H-pyrrole nitrogens is 1. The molecular weight excluding hydrogens is 336 g/mol. The van der Waals surface area contributed by atoms with Gasteiger partial charge in [0, 0.05) is 23.6 Å². The highest BCUT2D eigenvalue weighted by Crippen LogP contribution is 2.27. The average Bonchev–Trinajstić information content (AvgIpc) is 2.95. The van der Waals surface area contributed by atoms with Crippen LogP contribution in [0.15, 0.2) is 27.5 Å². The second-order valence-electron chi connectivity index (χ2n) is 5.22. The number of ether oxygens (including phenoxy) is 1. The summed E-state index contributed by atoms with van der Waals surface area (Å²) >= 11 is 3.48. The lowest BCUT2D eigenvalue weighted by Gasteiger charge is -2.20. The molecule has 0 saturated carbocycles. The summed E-state index contributed by atoms with van der Waals surface area (Å²) in [5, 5.41) is 8.37. The van der Waals surface area contributed by atoms with Gasteiger partial charge in [0.1, 0.15) is 5.82 Å². The van der Waals surface area contributed by atoms with E-state index in [1.807, 2.05) is 22.6 Å². The first-order valence-electron chi connectivity index (χ1n) is 6.88. The molecule has 0 spiro atoms. The van der Waals surface area contributed by atoms with Crippen molar-refractivity contribution in [3.8, 4) is 0 Å². The van der Waals surface area contributed by atoms with Crippen molar-refractivity contribution in [2.24, 2.45) is 0 Å².